The van der Waals surface area contributed by atoms with E-state index in [9.17, 15) is 4.79 Å². The van der Waals surface area contributed by atoms with Gasteiger partial charge in [0.05, 0.1) is 11.7 Å². The second kappa shape index (κ2) is 6.10. The number of nitrogens with zero attached hydrogens (tertiary/aromatic N) is 2. The van der Waals surface area contributed by atoms with Gasteiger partial charge in [-0.15, -0.1) is 0 Å². The van der Waals surface area contributed by atoms with E-state index in [1.54, 1.807) is 10.9 Å². The molecule has 21 heavy (non-hydrogen) atoms. The summed E-state index contributed by atoms with van der Waals surface area (Å²) in [5, 5.41) is 10.5. The van der Waals surface area contributed by atoms with E-state index in [2.05, 4.69) is 22.7 Å². The van der Waals surface area contributed by atoms with Crippen LogP contribution in [0.2, 0.25) is 0 Å². The van der Waals surface area contributed by atoms with E-state index in [1.807, 2.05) is 36.5 Å². The van der Waals surface area contributed by atoms with E-state index in [1.165, 1.54) is 0 Å². The Kier molecular flexibility index (Phi) is 4.01. The molecule has 1 aliphatic rings. The number of hydrogen-bond donors (Lipinski definition) is 2. The standard InChI is InChI=1S/C16H20N4O/c1-12-4-2-9-17-15(12)16(21)19-13-5-7-14(8-6-13)20-11-3-10-18-20/h3,5-8,10-12,15,17H,2,4,9H2,1H3,(H,19,21). The van der Waals surface area contributed by atoms with Gasteiger partial charge in [-0.05, 0) is 55.6 Å². The maximum absolute atomic E-state index is 12.3. The molecule has 2 unspecified atom stereocenters. The van der Waals surface area contributed by atoms with Crippen molar-refractivity contribution in [3.63, 3.8) is 0 Å². The van der Waals surface area contributed by atoms with Crippen molar-refractivity contribution in [2.45, 2.75) is 25.8 Å². The quantitative estimate of drug-likeness (QED) is 0.908. The number of carbonyl (C=O) groups excluding carboxylic acids is 1. The zero-order valence-electron chi connectivity index (χ0n) is 12.1. The summed E-state index contributed by atoms with van der Waals surface area (Å²) in [4.78, 5) is 12.3. The number of amides is 1. The number of benzene rings is 1. The van der Waals surface area contributed by atoms with Crippen molar-refractivity contribution in [2.24, 2.45) is 5.92 Å². The Hall–Kier alpha value is -2.14. The Balaban J connectivity index is 1.66. The molecule has 5 nitrogen and oxygen atoms in total. The van der Waals surface area contributed by atoms with Crippen LogP contribution in [0.1, 0.15) is 19.8 Å². The summed E-state index contributed by atoms with van der Waals surface area (Å²) < 4.78 is 1.79. The van der Waals surface area contributed by atoms with Crippen molar-refractivity contribution >= 4 is 11.6 Å². The van der Waals surface area contributed by atoms with E-state index in [-0.39, 0.29) is 11.9 Å². The van der Waals surface area contributed by atoms with E-state index >= 15 is 0 Å². The average molecular weight is 284 g/mol. The molecule has 1 aromatic carbocycles. The lowest BCUT2D eigenvalue weighted by molar-refractivity contribution is -0.119. The Bertz CT molecular complexity index is 591. The molecule has 0 saturated carbocycles. The lowest BCUT2D eigenvalue weighted by atomic mass is 9.92. The molecule has 0 bridgehead atoms. The molecule has 0 radical (unpaired) electrons. The number of carbonyl (C=O) groups is 1. The lowest BCUT2D eigenvalue weighted by Gasteiger charge is -2.28. The Morgan fingerprint density at radius 2 is 2.19 bits per heavy atom. The number of anilines is 1. The highest BCUT2D eigenvalue weighted by Crippen LogP contribution is 2.18. The van der Waals surface area contributed by atoms with Crippen LogP contribution in [0.25, 0.3) is 5.69 Å². The van der Waals surface area contributed by atoms with Crippen LogP contribution >= 0.6 is 0 Å². The molecular formula is C16H20N4O. The van der Waals surface area contributed by atoms with Gasteiger partial charge >= 0.3 is 0 Å². The van der Waals surface area contributed by atoms with Gasteiger partial charge in [-0.1, -0.05) is 6.92 Å². The predicted molar refractivity (Wildman–Crippen MR) is 82.4 cm³/mol. The van der Waals surface area contributed by atoms with E-state index in [0.29, 0.717) is 5.92 Å². The summed E-state index contributed by atoms with van der Waals surface area (Å²) in [6.07, 6.45) is 5.87. The fourth-order valence-electron chi connectivity index (χ4n) is 2.74. The third-order valence-corrected chi connectivity index (χ3v) is 3.96. The maximum atomic E-state index is 12.3. The molecule has 1 aromatic heterocycles. The molecule has 1 amide bonds. The van der Waals surface area contributed by atoms with E-state index < -0.39 is 0 Å². The second-order valence-electron chi connectivity index (χ2n) is 5.54. The largest absolute Gasteiger partial charge is 0.325 e. The highest BCUT2D eigenvalue weighted by Gasteiger charge is 2.27. The maximum Gasteiger partial charge on any atom is 0.241 e. The van der Waals surface area contributed by atoms with Gasteiger partial charge in [0.25, 0.3) is 0 Å². The second-order valence-corrected chi connectivity index (χ2v) is 5.54. The van der Waals surface area contributed by atoms with Crippen LogP contribution < -0.4 is 10.6 Å². The van der Waals surface area contributed by atoms with Gasteiger partial charge in [0, 0.05) is 18.1 Å². The topological polar surface area (TPSA) is 59.0 Å². The van der Waals surface area contributed by atoms with Crippen LogP contribution in [0.5, 0.6) is 0 Å². The van der Waals surface area contributed by atoms with Gasteiger partial charge in [0.2, 0.25) is 5.91 Å². The summed E-state index contributed by atoms with van der Waals surface area (Å²) in [6, 6.07) is 9.49. The molecule has 0 aliphatic carbocycles. The molecule has 5 heteroatoms. The molecule has 110 valence electrons. The first-order valence-electron chi connectivity index (χ1n) is 7.38. The van der Waals surface area contributed by atoms with Crippen LogP contribution in [0.4, 0.5) is 5.69 Å². The first kappa shape index (κ1) is 13.8. The molecule has 0 spiro atoms. The van der Waals surface area contributed by atoms with Gasteiger partial charge in [-0.25, -0.2) is 4.68 Å². The van der Waals surface area contributed by atoms with Crippen LogP contribution in [-0.2, 0) is 4.79 Å². The average Bonchev–Trinajstić information content (AvgIpc) is 3.02. The highest BCUT2D eigenvalue weighted by molar-refractivity contribution is 5.95. The van der Waals surface area contributed by atoms with Crippen LogP contribution in [-0.4, -0.2) is 28.3 Å². The first-order chi connectivity index (χ1) is 10.2. The number of aromatic nitrogens is 2. The molecule has 2 N–H and O–H groups in total. The van der Waals surface area contributed by atoms with Crippen molar-refractivity contribution in [3.8, 4) is 5.69 Å². The fraction of sp³-hybridized carbons (Fsp3) is 0.375. The van der Waals surface area contributed by atoms with Gasteiger partial charge < -0.3 is 10.6 Å². The molecule has 2 heterocycles. The van der Waals surface area contributed by atoms with Crippen molar-refractivity contribution in [1.82, 2.24) is 15.1 Å². The zero-order valence-corrected chi connectivity index (χ0v) is 12.1. The predicted octanol–water partition coefficient (Wildman–Crippen LogP) is 2.20. The van der Waals surface area contributed by atoms with Gasteiger partial charge in [-0.2, -0.15) is 5.10 Å². The summed E-state index contributed by atoms with van der Waals surface area (Å²) in [6.45, 7) is 3.04. The van der Waals surface area contributed by atoms with Gasteiger partial charge in [0.15, 0.2) is 0 Å². The minimum Gasteiger partial charge on any atom is -0.325 e. The lowest BCUT2D eigenvalue weighted by Crippen LogP contribution is -2.48. The Morgan fingerprint density at radius 3 is 2.86 bits per heavy atom. The van der Waals surface area contributed by atoms with Crippen molar-refractivity contribution in [2.75, 3.05) is 11.9 Å². The number of hydrogen-bond acceptors (Lipinski definition) is 3. The summed E-state index contributed by atoms with van der Waals surface area (Å²) in [5.74, 6) is 0.427. The smallest absolute Gasteiger partial charge is 0.241 e. The molecule has 1 fully saturated rings. The van der Waals surface area contributed by atoms with Crippen molar-refractivity contribution < 1.29 is 4.79 Å². The number of piperidine rings is 1. The zero-order chi connectivity index (χ0) is 14.7. The van der Waals surface area contributed by atoms with Crippen LogP contribution in [0.3, 0.4) is 0 Å². The van der Waals surface area contributed by atoms with Gasteiger partial charge in [0.1, 0.15) is 0 Å². The molecule has 2 atom stereocenters. The first-order valence-corrected chi connectivity index (χ1v) is 7.38. The van der Waals surface area contributed by atoms with Gasteiger partial charge in [-0.3, -0.25) is 4.79 Å². The van der Waals surface area contributed by atoms with Crippen molar-refractivity contribution in [1.29, 1.82) is 0 Å². The minimum atomic E-state index is -0.0930. The molecule has 2 aromatic rings. The number of rotatable bonds is 3. The molecular weight excluding hydrogens is 264 g/mol. The van der Waals surface area contributed by atoms with E-state index in [4.69, 9.17) is 0 Å². The Labute approximate surface area is 124 Å². The van der Waals surface area contributed by atoms with E-state index in [0.717, 1.165) is 30.8 Å². The summed E-state index contributed by atoms with van der Waals surface area (Å²) in [5.41, 5.74) is 1.79. The van der Waals surface area contributed by atoms with Crippen LogP contribution in [0.15, 0.2) is 42.7 Å². The SMILES string of the molecule is CC1CCCNC1C(=O)Nc1ccc(-n2cccn2)cc1. The highest BCUT2D eigenvalue weighted by atomic mass is 16.2. The molecule has 1 aliphatic heterocycles. The monoisotopic (exact) mass is 284 g/mol. The summed E-state index contributed by atoms with van der Waals surface area (Å²) in [7, 11) is 0. The third kappa shape index (κ3) is 3.13. The minimum absolute atomic E-state index is 0.0500. The number of nitrogens with one attached hydrogen (secondary N) is 2. The molecule has 3 rings (SSSR count). The molecule has 1 saturated heterocycles. The summed E-state index contributed by atoms with van der Waals surface area (Å²) >= 11 is 0. The van der Waals surface area contributed by atoms with Crippen LogP contribution in [0, 0.1) is 5.92 Å². The third-order valence-electron chi connectivity index (χ3n) is 3.96. The fourth-order valence-corrected chi connectivity index (χ4v) is 2.74. The van der Waals surface area contributed by atoms with Crippen molar-refractivity contribution in [3.05, 3.63) is 42.7 Å². The normalized spacial score (nSPS) is 22.0. The Morgan fingerprint density at radius 1 is 1.38 bits per heavy atom.